The molecule has 0 rings (SSSR count). The van der Waals surface area contributed by atoms with E-state index >= 15 is 0 Å². The van der Waals surface area contributed by atoms with Crippen molar-refractivity contribution < 1.29 is 42.4 Å². The van der Waals surface area contributed by atoms with E-state index < -0.39 is 37.3 Å². The highest BCUT2D eigenvalue weighted by Gasteiger charge is 2.34. The van der Waals surface area contributed by atoms with Crippen molar-refractivity contribution in [3.63, 3.8) is 0 Å². The van der Waals surface area contributed by atoms with Crippen LogP contribution in [0.15, 0.2) is 0 Å². The molecule has 0 heterocycles. The fraction of sp³-hybridized carbons (Fsp3) is 0.900. The third-order valence-electron chi connectivity index (χ3n) is 11.4. The van der Waals surface area contributed by atoms with Crippen molar-refractivity contribution in [1.29, 1.82) is 0 Å². The summed E-state index contributed by atoms with van der Waals surface area (Å²) in [6.07, 6.45) is 36.4. The molecule has 0 aliphatic carbocycles. The van der Waals surface area contributed by atoms with Gasteiger partial charge in [-0.15, -0.1) is 11.8 Å². The Balaban J connectivity index is 4.67. The number of nitrogens with zero attached hydrogens (tertiary/aromatic N) is 1. The molecule has 0 fully saturated rings. The van der Waals surface area contributed by atoms with Crippen LogP contribution in [0.3, 0.4) is 0 Å². The Bertz CT molecular complexity index is 1290. The molecule has 65 heavy (non-hydrogen) atoms. The standard InChI is InChI=1S/C50H93N2O9PS3/c1-6-9-11-13-15-17-19-21-23-25-27-29-31-33-35-37-47(54)58-43-45(61-48(55)38-36-34-32-30-28-26-24-22-20-18-16-14-12-10-7-2)44-60-62(56,57)59-42-41-52-46(53)39-40-50(4,51-5)65-49(63)64-8-3/h45H,6-44H2,1-4H3,(H,52,53)(H,56,57)/t45-,50?/m1/s1. The molecule has 0 aliphatic heterocycles. The maximum atomic E-state index is 12.8. The highest BCUT2D eigenvalue weighted by Crippen LogP contribution is 2.43. The number of hydrogen-bond acceptors (Lipinski definition) is 11. The number of carbonyl (C=O) groups is 3. The van der Waals surface area contributed by atoms with Crippen molar-refractivity contribution in [2.75, 3.05) is 32.1 Å². The lowest BCUT2D eigenvalue weighted by Crippen LogP contribution is -2.30. The van der Waals surface area contributed by atoms with Crippen LogP contribution in [0.2, 0.25) is 0 Å². The lowest BCUT2D eigenvalue weighted by molar-refractivity contribution is -0.161. The largest absolute Gasteiger partial charge is 0.472 e. The molecule has 0 saturated heterocycles. The molecule has 0 aromatic rings. The van der Waals surface area contributed by atoms with Gasteiger partial charge in [0, 0.05) is 39.2 Å². The van der Waals surface area contributed by atoms with E-state index in [4.69, 9.17) is 37.3 Å². The zero-order valence-corrected chi connectivity index (χ0v) is 44.8. The third-order valence-corrected chi connectivity index (χ3v) is 15.0. The Hall–Kier alpha value is -1.20. The van der Waals surface area contributed by atoms with Gasteiger partial charge >= 0.3 is 19.8 Å². The average Bonchev–Trinajstić information content (AvgIpc) is 3.28. The summed E-state index contributed by atoms with van der Waals surface area (Å²) >= 11 is 8.07. The summed E-state index contributed by atoms with van der Waals surface area (Å²) in [5, 5.41) is 2.63. The van der Waals surface area contributed by atoms with Crippen LogP contribution in [0.5, 0.6) is 0 Å². The van der Waals surface area contributed by atoms with Gasteiger partial charge in [-0.2, -0.15) is 0 Å². The van der Waals surface area contributed by atoms with Crippen molar-refractivity contribution in [2.45, 2.75) is 257 Å². The molecule has 0 spiro atoms. The van der Waals surface area contributed by atoms with Gasteiger partial charge < -0.3 is 19.7 Å². The van der Waals surface area contributed by atoms with E-state index in [1.165, 1.54) is 165 Å². The summed E-state index contributed by atoms with van der Waals surface area (Å²) in [7, 11) is -4.61. The quantitative estimate of drug-likeness (QED) is 0.0197. The Morgan fingerprint density at radius 1 is 0.646 bits per heavy atom. The number of esters is 2. The number of nitrogens with one attached hydrogen (secondary N) is 1. The van der Waals surface area contributed by atoms with Gasteiger partial charge in [0.2, 0.25) is 5.91 Å². The van der Waals surface area contributed by atoms with E-state index in [1.54, 1.807) is 6.92 Å². The molecular weight excluding hydrogens is 900 g/mol. The van der Waals surface area contributed by atoms with Gasteiger partial charge in [0.15, 0.2) is 6.10 Å². The number of amides is 1. The number of thiocarbonyl (C=S) groups is 1. The highest BCUT2D eigenvalue weighted by molar-refractivity contribution is 8.47. The van der Waals surface area contributed by atoms with Crippen LogP contribution in [0.4, 0.5) is 0 Å². The normalized spacial score (nSPS) is 13.7. The van der Waals surface area contributed by atoms with Crippen LogP contribution < -0.4 is 5.32 Å². The molecule has 380 valence electrons. The molecule has 0 aromatic carbocycles. The maximum absolute atomic E-state index is 12.8. The van der Waals surface area contributed by atoms with Crippen LogP contribution in [-0.4, -0.2) is 69.4 Å². The molecule has 0 saturated carbocycles. The van der Waals surface area contributed by atoms with Gasteiger partial charge in [-0.25, -0.2) is 11.1 Å². The van der Waals surface area contributed by atoms with Crippen LogP contribution in [-0.2, 0) is 37.5 Å². The fourth-order valence-electron chi connectivity index (χ4n) is 7.36. The summed E-state index contributed by atoms with van der Waals surface area (Å²) in [4.78, 5) is 51.1. The molecule has 0 radical (unpaired) electrons. The van der Waals surface area contributed by atoms with Crippen molar-refractivity contribution in [2.24, 2.45) is 0 Å². The predicted octanol–water partition coefficient (Wildman–Crippen LogP) is 15.4. The molecule has 1 amide bonds. The maximum Gasteiger partial charge on any atom is 0.472 e. The van der Waals surface area contributed by atoms with E-state index in [2.05, 4.69) is 24.0 Å². The monoisotopic (exact) mass is 993 g/mol. The van der Waals surface area contributed by atoms with Crippen LogP contribution in [0.25, 0.3) is 4.85 Å². The van der Waals surface area contributed by atoms with Gasteiger partial charge in [0.1, 0.15) is 10.1 Å². The first kappa shape index (κ1) is 63.8. The minimum absolute atomic E-state index is 0.0622. The van der Waals surface area contributed by atoms with Crippen molar-refractivity contribution >= 4 is 64.9 Å². The fourth-order valence-corrected chi connectivity index (χ4v) is 11.0. The Labute approximate surface area is 411 Å². The second-order valence-electron chi connectivity index (χ2n) is 17.7. The number of phosphoric acid groups is 1. The van der Waals surface area contributed by atoms with E-state index in [0.717, 1.165) is 44.3 Å². The predicted molar refractivity (Wildman–Crippen MR) is 277 cm³/mol. The van der Waals surface area contributed by atoms with Crippen molar-refractivity contribution in [3.8, 4) is 0 Å². The molecular formula is C50H93N2O9PS3. The zero-order chi connectivity index (χ0) is 48.1. The van der Waals surface area contributed by atoms with Gasteiger partial charge in [0.25, 0.3) is 4.87 Å². The Morgan fingerprint density at radius 3 is 1.48 bits per heavy atom. The first-order valence-electron chi connectivity index (χ1n) is 25.9. The molecule has 3 atom stereocenters. The van der Waals surface area contributed by atoms with Gasteiger partial charge in [0.05, 0.1) is 13.2 Å². The van der Waals surface area contributed by atoms with Crippen LogP contribution in [0.1, 0.15) is 246 Å². The van der Waals surface area contributed by atoms with E-state index in [9.17, 15) is 23.8 Å². The topological polar surface area (TPSA) is 142 Å². The first-order chi connectivity index (χ1) is 31.4. The zero-order valence-electron chi connectivity index (χ0n) is 41.5. The number of hydrogen-bond donors (Lipinski definition) is 2. The van der Waals surface area contributed by atoms with Gasteiger partial charge in [-0.3, -0.25) is 28.3 Å². The molecule has 11 nitrogen and oxygen atoms in total. The molecule has 0 bridgehead atoms. The lowest BCUT2D eigenvalue weighted by Gasteiger charge is -2.20. The number of carbonyl (C=O) groups excluding carboxylic acids is 3. The minimum atomic E-state index is -4.61. The number of ether oxygens (including phenoxy) is 2. The smallest absolute Gasteiger partial charge is 0.462 e. The Morgan fingerprint density at radius 2 is 1.06 bits per heavy atom. The van der Waals surface area contributed by atoms with Gasteiger partial charge in [-0.05, 0) is 30.4 Å². The molecule has 2 unspecified atom stereocenters. The summed E-state index contributed by atoms with van der Waals surface area (Å²) in [5.74, 6) is -0.432. The van der Waals surface area contributed by atoms with Crippen LogP contribution in [0, 0.1) is 6.57 Å². The second kappa shape index (κ2) is 45.3. The van der Waals surface area contributed by atoms with Gasteiger partial charge in [-0.1, -0.05) is 213 Å². The minimum Gasteiger partial charge on any atom is -0.462 e. The van der Waals surface area contributed by atoms with Crippen molar-refractivity contribution in [3.05, 3.63) is 11.4 Å². The van der Waals surface area contributed by atoms with E-state index in [0.29, 0.717) is 16.4 Å². The highest BCUT2D eigenvalue weighted by atomic mass is 32.2. The third kappa shape index (κ3) is 43.8. The molecule has 0 aromatic heterocycles. The Kier molecular flexibility index (Phi) is 44.4. The summed E-state index contributed by atoms with van der Waals surface area (Å²) in [6.45, 7) is 14.6. The summed E-state index contributed by atoms with van der Waals surface area (Å²) in [6, 6.07) is 0. The molecule has 15 heteroatoms. The SMILES string of the molecule is [C-]#[N+]C(C)(CCC(=O)NCCOP(=O)(O)OC[C@@H](COC(=O)CCCCCCCCCCCCCCCCC)OC(=O)CCCCCCCCCCCCCCCCC)SC(=S)SCC. The van der Waals surface area contributed by atoms with Crippen LogP contribution >= 0.6 is 43.6 Å². The molecule has 2 N–H and O–H groups in total. The average molecular weight is 993 g/mol. The second-order valence-corrected chi connectivity index (χ2v) is 23.1. The number of unbranched alkanes of at least 4 members (excludes halogenated alkanes) is 28. The number of thioether (sulfide) groups is 2. The first-order valence-corrected chi connectivity index (χ1v) is 29.6. The van der Waals surface area contributed by atoms with E-state index in [1.807, 2.05) is 6.92 Å². The lowest BCUT2D eigenvalue weighted by atomic mass is 10.0. The number of phosphoric ester groups is 1. The van der Waals surface area contributed by atoms with E-state index in [-0.39, 0.29) is 51.3 Å². The molecule has 0 aliphatic rings. The van der Waals surface area contributed by atoms with Crippen molar-refractivity contribution in [1.82, 2.24) is 5.32 Å². The summed E-state index contributed by atoms with van der Waals surface area (Å²) in [5.41, 5.74) is 0. The number of rotatable bonds is 47. The summed E-state index contributed by atoms with van der Waals surface area (Å²) < 4.78 is 34.7.